The molecule has 0 amide bonds. The molecule has 0 aliphatic carbocycles. The summed E-state index contributed by atoms with van der Waals surface area (Å²) < 4.78 is 18.1. The quantitative estimate of drug-likeness (QED) is 0.361. The Bertz CT molecular complexity index is 342. The molecule has 7 heteroatoms. The lowest BCUT2D eigenvalue weighted by Crippen LogP contribution is -2.50. The molecule has 0 aliphatic rings. The van der Waals surface area contributed by atoms with Crippen LogP contribution in [0.5, 0.6) is 0 Å². The zero-order chi connectivity index (χ0) is 16.8. The first-order chi connectivity index (χ1) is 9.35. The second kappa shape index (κ2) is 8.42. The second-order valence-corrected chi connectivity index (χ2v) is 18.7. The Morgan fingerprint density at radius 2 is 1.52 bits per heavy atom. The standard InChI is InChI=1S/C14H32O4Si3/c1-10-11-19(16-13(15)12(2)3)14(17-20(4,5)6)18-21(7,8)9/h14,19H,2,10-11H2,1,3-9H3. The van der Waals surface area contributed by atoms with Crippen LogP contribution in [0.3, 0.4) is 0 Å². The maximum absolute atomic E-state index is 11.9. The molecule has 0 heterocycles. The topological polar surface area (TPSA) is 44.8 Å². The van der Waals surface area contributed by atoms with Gasteiger partial charge >= 0.3 is 5.97 Å². The van der Waals surface area contributed by atoms with Crippen LogP contribution in [0.2, 0.25) is 45.3 Å². The van der Waals surface area contributed by atoms with Gasteiger partial charge in [0.25, 0.3) is 9.04 Å². The molecular formula is C14H32O4Si3. The first-order valence-electron chi connectivity index (χ1n) is 7.58. The monoisotopic (exact) mass is 348 g/mol. The Kier molecular flexibility index (Phi) is 8.33. The average molecular weight is 349 g/mol. The minimum atomic E-state index is -1.95. The highest BCUT2D eigenvalue weighted by atomic mass is 28.4. The molecule has 0 N–H and O–H groups in total. The third kappa shape index (κ3) is 10.2. The Morgan fingerprint density at radius 1 is 1.10 bits per heavy atom. The third-order valence-electron chi connectivity index (χ3n) is 2.42. The van der Waals surface area contributed by atoms with Crippen molar-refractivity contribution in [3.8, 4) is 0 Å². The van der Waals surface area contributed by atoms with Gasteiger partial charge in [-0.1, -0.05) is 19.9 Å². The summed E-state index contributed by atoms with van der Waals surface area (Å²) in [5.74, 6) is -0.657. The minimum absolute atomic E-state index is 0.316. The van der Waals surface area contributed by atoms with Crippen LogP contribution >= 0.6 is 0 Å². The van der Waals surface area contributed by atoms with Crippen LogP contribution in [-0.2, 0) is 18.1 Å². The van der Waals surface area contributed by atoms with E-state index in [1.165, 1.54) is 0 Å². The van der Waals surface area contributed by atoms with Gasteiger partial charge < -0.3 is 13.3 Å². The SMILES string of the molecule is C=C(C)C(=O)O[SiH](CCC)C(O[Si](C)(C)C)O[Si](C)(C)C. The van der Waals surface area contributed by atoms with Crippen LogP contribution in [-0.4, -0.2) is 37.6 Å². The van der Waals surface area contributed by atoms with Crippen LogP contribution < -0.4 is 0 Å². The van der Waals surface area contributed by atoms with Gasteiger partial charge in [-0.3, -0.25) is 0 Å². The molecule has 1 unspecified atom stereocenters. The van der Waals surface area contributed by atoms with Gasteiger partial charge in [-0.15, -0.1) is 0 Å². The first-order valence-corrected chi connectivity index (χ1v) is 16.3. The van der Waals surface area contributed by atoms with E-state index in [2.05, 4.69) is 52.8 Å². The van der Waals surface area contributed by atoms with Gasteiger partial charge in [-0.25, -0.2) is 4.79 Å². The maximum atomic E-state index is 11.9. The Labute approximate surface area is 133 Å². The second-order valence-electron chi connectivity index (χ2n) is 7.34. The zero-order valence-electron chi connectivity index (χ0n) is 14.9. The van der Waals surface area contributed by atoms with E-state index in [-0.39, 0.29) is 11.9 Å². The van der Waals surface area contributed by atoms with Gasteiger partial charge in [0, 0.05) is 5.57 Å². The van der Waals surface area contributed by atoms with E-state index in [1.807, 2.05) is 0 Å². The summed E-state index contributed by atoms with van der Waals surface area (Å²) in [7, 11) is -5.49. The number of carbonyl (C=O) groups excluding carboxylic acids is 1. The van der Waals surface area contributed by atoms with Crippen molar-refractivity contribution in [1.82, 2.24) is 0 Å². The Balaban J connectivity index is 5.16. The molecule has 0 aromatic carbocycles. The Morgan fingerprint density at radius 3 is 1.81 bits per heavy atom. The van der Waals surface area contributed by atoms with E-state index < -0.39 is 25.7 Å². The van der Waals surface area contributed by atoms with Crippen molar-refractivity contribution in [3.63, 3.8) is 0 Å². The smallest absolute Gasteiger partial charge is 0.319 e. The summed E-state index contributed by atoms with van der Waals surface area (Å²) in [6.07, 6.45) is 0.959. The average Bonchev–Trinajstić information content (AvgIpc) is 2.23. The summed E-state index contributed by atoms with van der Waals surface area (Å²) >= 11 is 0. The molecule has 0 aromatic heterocycles. The van der Waals surface area contributed by atoms with Gasteiger partial charge in [-0.05, 0) is 52.2 Å². The van der Waals surface area contributed by atoms with Gasteiger partial charge in [0.2, 0.25) is 0 Å². The fraction of sp³-hybridized carbons (Fsp3) is 0.786. The molecule has 0 saturated heterocycles. The number of hydrogen-bond donors (Lipinski definition) is 0. The number of rotatable bonds is 9. The van der Waals surface area contributed by atoms with E-state index in [0.29, 0.717) is 5.57 Å². The Hall–Kier alpha value is -0.219. The van der Waals surface area contributed by atoms with Crippen LogP contribution in [0, 0.1) is 0 Å². The van der Waals surface area contributed by atoms with Gasteiger partial charge in [-0.2, -0.15) is 0 Å². The summed E-state index contributed by atoms with van der Waals surface area (Å²) in [6.45, 7) is 20.2. The van der Waals surface area contributed by atoms with E-state index in [1.54, 1.807) is 6.92 Å². The van der Waals surface area contributed by atoms with E-state index >= 15 is 0 Å². The van der Waals surface area contributed by atoms with Crippen molar-refractivity contribution < 1.29 is 18.1 Å². The first kappa shape index (κ1) is 20.8. The van der Waals surface area contributed by atoms with E-state index in [4.69, 9.17) is 13.3 Å². The van der Waals surface area contributed by atoms with Crippen LogP contribution in [0.1, 0.15) is 20.3 Å². The molecule has 1 atom stereocenters. The molecule has 0 aliphatic heterocycles. The highest BCUT2D eigenvalue weighted by Crippen LogP contribution is 2.20. The molecule has 4 nitrogen and oxygen atoms in total. The van der Waals surface area contributed by atoms with Crippen molar-refractivity contribution in [3.05, 3.63) is 12.2 Å². The highest BCUT2D eigenvalue weighted by molar-refractivity contribution is 6.72. The van der Waals surface area contributed by atoms with Crippen LogP contribution in [0.4, 0.5) is 0 Å². The van der Waals surface area contributed by atoms with E-state index in [9.17, 15) is 4.79 Å². The lowest BCUT2D eigenvalue weighted by Gasteiger charge is -2.35. The van der Waals surface area contributed by atoms with Gasteiger partial charge in [0.15, 0.2) is 22.5 Å². The van der Waals surface area contributed by atoms with Crippen LogP contribution in [0.15, 0.2) is 12.2 Å². The summed E-state index contributed by atoms with van der Waals surface area (Å²) in [6, 6.07) is 0.860. The predicted octanol–water partition coefficient (Wildman–Crippen LogP) is 3.81. The largest absolute Gasteiger partial charge is 0.513 e. The van der Waals surface area contributed by atoms with Crippen molar-refractivity contribution in [2.45, 2.75) is 71.5 Å². The molecule has 0 rings (SSSR count). The van der Waals surface area contributed by atoms with E-state index in [0.717, 1.165) is 12.5 Å². The van der Waals surface area contributed by atoms with Crippen molar-refractivity contribution in [2.24, 2.45) is 0 Å². The molecule has 0 saturated carbocycles. The van der Waals surface area contributed by atoms with Crippen molar-refractivity contribution in [1.29, 1.82) is 0 Å². The molecule has 0 radical (unpaired) electrons. The molecule has 21 heavy (non-hydrogen) atoms. The van der Waals surface area contributed by atoms with Gasteiger partial charge in [0.1, 0.15) is 0 Å². The normalized spacial score (nSPS) is 14.1. The predicted molar refractivity (Wildman–Crippen MR) is 95.8 cm³/mol. The summed E-state index contributed by atoms with van der Waals surface area (Å²) in [4.78, 5) is 11.9. The molecule has 0 spiro atoms. The summed E-state index contributed by atoms with van der Waals surface area (Å²) in [5, 5.41) is 0. The third-order valence-corrected chi connectivity index (χ3v) is 7.39. The highest BCUT2D eigenvalue weighted by Gasteiger charge is 2.36. The molecule has 0 fully saturated rings. The molecule has 0 bridgehead atoms. The maximum Gasteiger partial charge on any atom is 0.319 e. The number of hydrogen-bond acceptors (Lipinski definition) is 4. The zero-order valence-corrected chi connectivity index (χ0v) is 18.1. The fourth-order valence-electron chi connectivity index (χ4n) is 1.65. The fourth-order valence-corrected chi connectivity index (χ4v) is 8.44. The van der Waals surface area contributed by atoms with Crippen LogP contribution in [0.25, 0.3) is 0 Å². The number of carbonyl (C=O) groups is 1. The van der Waals surface area contributed by atoms with Crippen molar-refractivity contribution >= 4 is 31.6 Å². The summed E-state index contributed by atoms with van der Waals surface area (Å²) in [5.41, 5.74) is 0.434. The van der Waals surface area contributed by atoms with Crippen molar-refractivity contribution in [2.75, 3.05) is 0 Å². The minimum Gasteiger partial charge on any atom is -0.513 e. The lowest BCUT2D eigenvalue weighted by atomic mass is 10.4. The van der Waals surface area contributed by atoms with Gasteiger partial charge in [0.05, 0.1) is 0 Å². The molecule has 124 valence electrons. The lowest BCUT2D eigenvalue weighted by molar-refractivity contribution is -0.131. The molecule has 0 aromatic rings. The molecular weight excluding hydrogens is 316 g/mol.